The second-order valence-electron chi connectivity index (χ2n) is 8.45. The molecule has 170 valence electrons. The Morgan fingerprint density at radius 3 is 2.41 bits per heavy atom. The van der Waals surface area contributed by atoms with Crippen LogP contribution in [0, 0.1) is 11.8 Å². The van der Waals surface area contributed by atoms with Crippen LogP contribution in [0.25, 0.3) is 10.2 Å². The molecular formula is C23H26BrN3O3S2. The Morgan fingerprint density at radius 1 is 1.12 bits per heavy atom. The highest BCUT2D eigenvalue weighted by Crippen LogP contribution is 2.27. The summed E-state index contributed by atoms with van der Waals surface area (Å²) in [6, 6.07) is 12.1. The van der Waals surface area contributed by atoms with E-state index in [1.807, 2.05) is 29.7 Å². The first kappa shape index (κ1) is 23.4. The molecule has 9 heteroatoms. The molecule has 6 nitrogen and oxygen atoms in total. The summed E-state index contributed by atoms with van der Waals surface area (Å²) in [6.07, 6.45) is 1.04. The first-order chi connectivity index (χ1) is 15.2. The van der Waals surface area contributed by atoms with E-state index in [2.05, 4.69) is 34.8 Å². The third-order valence-corrected chi connectivity index (χ3v) is 9.11. The zero-order chi connectivity index (χ0) is 23.0. The molecule has 2 unspecified atom stereocenters. The van der Waals surface area contributed by atoms with Crippen LogP contribution in [-0.2, 0) is 16.6 Å². The van der Waals surface area contributed by atoms with Crippen molar-refractivity contribution in [2.75, 3.05) is 13.1 Å². The predicted octanol–water partition coefficient (Wildman–Crippen LogP) is 4.89. The van der Waals surface area contributed by atoms with Crippen LogP contribution in [0.1, 0.15) is 37.6 Å². The minimum Gasteiger partial charge on any atom is -0.317 e. The number of sulfonamides is 1. The molecule has 2 aromatic carbocycles. The highest BCUT2D eigenvalue weighted by Gasteiger charge is 2.31. The molecule has 0 aliphatic carbocycles. The maximum absolute atomic E-state index is 13.1. The first-order valence-electron chi connectivity index (χ1n) is 10.7. The molecule has 0 spiro atoms. The summed E-state index contributed by atoms with van der Waals surface area (Å²) in [5.41, 5.74) is 1.39. The van der Waals surface area contributed by atoms with Gasteiger partial charge in [-0.15, -0.1) is 0 Å². The van der Waals surface area contributed by atoms with Crippen LogP contribution >= 0.6 is 27.3 Å². The van der Waals surface area contributed by atoms with Gasteiger partial charge in [-0.25, -0.2) is 8.42 Å². The fraction of sp³-hybridized carbons (Fsp3) is 0.391. The molecule has 2 atom stereocenters. The zero-order valence-electron chi connectivity index (χ0n) is 18.3. The fourth-order valence-electron chi connectivity index (χ4n) is 4.31. The number of nitrogens with zero attached hydrogens (tertiary/aromatic N) is 3. The van der Waals surface area contributed by atoms with Gasteiger partial charge in [-0.3, -0.25) is 4.79 Å². The second kappa shape index (κ2) is 9.21. The Hall–Kier alpha value is -1.81. The minimum atomic E-state index is -3.58. The highest BCUT2D eigenvalue weighted by molar-refractivity contribution is 9.10. The topological polar surface area (TPSA) is 71.7 Å². The van der Waals surface area contributed by atoms with Crippen LogP contribution in [0.3, 0.4) is 0 Å². The number of rotatable bonds is 4. The first-order valence-corrected chi connectivity index (χ1v) is 13.7. The molecule has 3 aromatic rings. The summed E-state index contributed by atoms with van der Waals surface area (Å²) in [5, 5.41) is 0. The van der Waals surface area contributed by atoms with Crippen molar-refractivity contribution in [3.05, 3.63) is 57.3 Å². The summed E-state index contributed by atoms with van der Waals surface area (Å²) in [7, 11) is -3.58. The van der Waals surface area contributed by atoms with Gasteiger partial charge in [0, 0.05) is 29.7 Å². The number of fused-ring (bicyclic) bond motifs is 1. The lowest BCUT2D eigenvalue weighted by Gasteiger charge is -2.34. The maximum Gasteiger partial charge on any atom is 0.279 e. The second-order valence-corrected chi connectivity index (χ2v) is 12.3. The number of halogens is 1. The zero-order valence-corrected chi connectivity index (χ0v) is 21.5. The van der Waals surface area contributed by atoms with Gasteiger partial charge in [0.25, 0.3) is 5.91 Å². The van der Waals surface area contributed by atoms with E-state index < -0.39 is 10.0 Å². The Labute approximate surface area is 200 Å². The molecule has 1 saturated heterocycles. The number of piperidine rings is 1. The lowest BCUT2D eigenvalue weighted by molar-refractivity contribution is 0.0997. The van der Waals surface area contributed by atoms with E-state index in [9.17, 15) is 13.2 Å². The number of aromatic nitrogens is 1. The van der Waals surface area contributed by atoms with Crippen LogP contribution in [-0.4, -0.2) is 36.3 Å². The molecule has 0 bridgehead atoms. The number of hydrogen-bond acceptors (Lipinski definition) is 4. The van der Waals surface area contributed by atoms with Crippen molar-refractivity contribution in [1.29, 1.82) is 0 Å². The van der Waals surface area contributed by atoms with E-state index in [4.69, 9.17) is 0 Å². The van der Waals surface area contributed by atoms with Gasteiger partial charge < -0.3 is 4.57 Å². The van der Waals surface area contributed by atoms with Crippen molar-refractivity contribution in [2.45, 2.75) is 38.6 Å². The molecular weight excluding hydrogens is 510 g/mol. The van der Waals surface area contributed by atoms with Gasteiger partial charge in [0.15, 0.2) is 4.80 Å². The average molecular weight is 537 g/mol. The molecule has 1 aliphatic rings. The number of amides is 1. The number of carbonyl (C=O) groups excluding carboxylic acids is 1. The van der Waals surface area contributed by atoms with E-state index >= 15 is 0 Å². The van der Waals surface area contributed by atoms with Gasteiger partial charge in [-0.2, -0.15) is 9.30 Å². The molecule has 2 heterocycles. The number of carbonyl (C=O) groups is 1. The standard InChI is InChI=1S/C23H26BrN3O3S2/c1-4-27-20-10-7-18(24)12-21(20)31-23(27)25-22(28)17-5-8-19(9-6-17)32(29,30)26-13-15(2)11-16(3)14-26/h5-10,12,15-16H,4,11,13-14H2,1-3H3. The van der Waals surface area contributed by atoms with E-state index in [0.29, 0.717) is 41.8 Å². The molecule has 1 aromatic heterocycles. The van der Waals surface area contributed by atoms with Crippen LogP contribution in [0.4, 0.5) is 0 Å². The number of thiazole rings is 1. The Morgan fingerprint density at radius 2 is 1.78 bits per heavy atom. The summed E-state index contributed by atoms with van der Waals surface area (Å²) in [4.78, 5) is 18.0. The van der Waals surface area contributed by atoms with E-state index in [-0.39, 0.29) is 10.8 Å². The van der Waals surface area contributed by atoms with E-state index in [1.54, 1.807) is 16.4 Å². The van der Waals surface area contributed by atoms with Crippen molar-refractivity contribution in [1.82, 2.24) is 8.87 Å². The van der Waals surface area contributed by atoms with Gasteiger partial charge in [-0.1, -0.05) is 41.1 Å². The largest absolute Gasteiger partial charge is 0.317 e. The summed E-state index contributed by atoms with van der Waals surface area (Å²) in [6.45, 7) is 7.92. The Kier molecular flexibility index (Phi) is 6.72. The van der Waals surface area contributed by atoms with Gasteiger partial charge in [0.05, 0.1) is 15.1 Å². The molecule has 0 radical (unpaired) electrons. The summed E-state index contributed by atoms with van der Waals surface area (Å²) < 4.78 is 31.7. The molecule has 1 aliphatic heterocycles. The third-order valence-electron chi connectivity index (χ3n) is 5.73. The Bertz CT molecular complexity index is 1320. The normalized spacial score (nSPS) is 20.7. The van der Waals surface area contributed by atoms with Crippen LogP contribution < -0.4 is 4.80 Å². The number of aryl methyl sites for hydroxylation is 1. The quantitative estimate of drug-likeness (QED) is 0.477. The summed E-state index contributed by atoms with van der Waals surface area (Å²) >= 11 is 4.94. The maximum atomic E-state index is 13.1. The number of benzene rings is 2. The monoisotopic (exact) mass is 535 g/mol. The fourth-order valence-corrected chi connectivity index (χ4v) is 7.63. The predicted molar refractivity (Wildman–Crippen MR) is 131 cm³/mol. The van der Waals surface area contributed by atoms with Crippen LogP contribution in [0.2, 0.25) is 0 Å². The SMILES string of the molecule is CCn1c(=NC(=O)c2ccc(S(=O)(=O)N3CC(C)CC(C)C3)cc2)sc2cc(Br)ccc21. The van der Waals surface area contributed by atoms with E-state index in [1.165, 1.54) is 23.5 Å². The van der Waals surface area contributed by atoms with Crippen molar-refractivity contribution in [2.24, 2.45) is 16.8 Å². The highest BCUT2D eigenvalue weighted by atomic mass is 79.9. The van der Waals surface area contributed by atoms with Gasteiger partial charge in [0.2, 0.25) is 10.0 Å². The van der Waals surface area contributed by atoms with Crippen LogP contribution in [0.5, 0.6) is 0 Å². The van der Waals surface area contributed by atoms with Gasteiger partial charge in [0.1, 0.15) is 0 Å². The minimum absolute atomic E-state index is 0.214. The average Bonchev–Trinajstić information content (AvgIpc) is 3.08. The van der Waals surface area contributed by atoms with Crippen molar-refractivity contribution >= 4 is 53.4 Å². The molecule has 0 N–H and O–H groups in total. The molecule has 4 rings (SSSR count). The lowest BCUT2D eigenvalue weighted by atomic mass is 9.94. The van der Waals surface area contributed by atoms with E-state index in [0.717, 1.165) is 21.1 Å². The molecule has 0 saturated carbocycles. The third kappa shape index (κ3) is 4.62. The van der Waals surface area contributed by atoms with Crippen molar-refractivity contribution < 1.29 is 13.2 Å². The molecule has 1 amide bonds. The van der Waals surface area contributed by atoms with Crippen LogP contribution in [0.15, 0.2) is 56.8 Å². The smallest absolute Gasteiger partial charge is 0.279 e. The number of hydrogen-bond donors (Lipinski definition) is 0. The Balaban J connectivity index is 1.62. The van der Waals surface area contributed by atoms with Crippen molar-refractivity contribution in [3.63, 3.8) is 0 Å². The molecule has 32 heavy (non-hydrogen) atoms. The molecule has 1 fully saturated rings. The van der Waals surface area contributed by atoms with Gasteiger partial charge in [-0.05, 0) is 67.6 Å². The lowest BCUT2D eigenvalue weighted by Crippen LogP contribution is -2.42. The van der Waals surface area contributed by atoms with Gasteiger partial charge >= 0.3 is 0 Å². The summed E-state index contributed by atoms with van der Waals surface area (Å²) in [5.74, 6) is 0.280. The van der Waals surface area contributed by atoms with Crippen molar-refractivity contribution in [3.8, 4) is 0 Å².